The highest BCUT2D eigenvalue weighted by atomic mass is 16.6. The third-order valence-corrected chi connectivity index (χ3v) is 5.07. The number of nitrogens with one attached hydrogen (secondary N) is 2. The summed E-state index contributed by atoms with van der Waals surface area (Å²) < 4.78 is 4.94. The van der Waals surface area contributed by atoms with Crippen LogP contribution in [0.2, 0.25) is 0 Å². The Labute approximate surface area is 197 Å². The van der Waals surface area contributed by atoms with Crippen LogP contribution in [0.3, 0.4) is 0 Å². The lowest BCUT2D eigenvalue weighted by atomic mass is 10.1. The fraction of sp³-hybridized carbons (Fsp3) is 0.238. The number of anilines is 1. The number of amides is 3. The van der Waals surface area contributed by atoms with Gasteiger partial charge in [-0.1, -0.05) is 6.07 Å². The Hall–Kier alpha value is -4.88. The van der Waals surface area contributed by atoms with Gasteiger partial charge in [0.15, 0.2) is 6.61 Å². The largest absolute Gasteiger partial charge is 0.455 e. The van der Waals surface area contributed by atoms with Crippen molar-refractivity contribution in [3.8, 4) is 0 Å². The van der Waals surface area contributed by atoms with Gasteiger partial charge in [0.2, 0.25) is 5.91 Å². The van der Waals surface area contributed by atoms with Crippen LogP contribution in [0.4, 0.5) is 17.1 Å². The van der Waals surface area contributed by atoms with E-state index in [4.69, 9.17) is 4.74 Å². The first-order valence-electron chi connectivity index (χ1n) is 10.1. The molecule has 0 saturated carbocycles. The lowest BCUT2D eigenvalue weighted by Crippen LogP contribution is -2.43. The number of carbonyl (C=O) groups is 4. The summed E-state index contributed by atoms with van der Waals surface area (Å²) in [5.41, 5.74) is 2.58. The molecule has 1 saturated heterocycles. The second-order valence-electron chi connectivity index (χ2n) is 7.56. The second-order valence-corrected chi connectivity index (χ2v) is 7.56. The number of ether oxygens (including phenoxy) is 1. The Morgan fingerprint density at radius 2 is 1.77 bits per heavy atom. The number of nitro benzene ring substituents is 2. The zero-order chi connectivity index (χ0) is 25.7. The van der Waals surface area contributed by atoms with Crippen molar-refractivity contribution < 1.29 is 33.8 Å². The maximum atomic E-state index is 12.3. The van der Waals surface area contributed by atoms with E-state index in [-0.39, 0.29) is 35.6 Å². The molecule has 2 N–H and O–H groups in total. The van der Waals surface area contributed by atoms with Gasteiger partial charge in [-0.2, -0.15) is 0 Å². The van der Waals surface area contributed by atoms with E-state index in [0.717, 1.165) is 17.1 Å². The van der Waals surface area contributed by atoms with Gasteiger partial charge in [0, 0.05) is 41.4 Å². The summed E-state index contributed by atoms with van der Waals surface area (Å²) in [6.07, 6.45) is -0.259. The summed E-state index contributed by atoms with van der Waals surface area (Å²) in [4.78, 5) is 69.3. The number of non-ortho nitro benzene ring substituents is 1. The molecule has 0 unspecified atom stereocenters. The van der Waals surface area contributed by atoms with E-state index in [0.29, 0.717) is 5.56 Å². The molecule has 3 amide bonds. The molecule has 35 heavy (non-hydrogen) atoms. The smallest absolute Gasteiger partial charge is 0.311 e. The van der Waals surface area contributed by atoms with Gasteiger partial charge in [-0.15, -0.1) is 0 Å². The van der Waals surface area contributed by atoms with Gasteiger partial charge in [0.25, 0.3) is 23.2 Å². The first-order valence-corrected chi connectivity index (χ1v) is 10.1. The Morgan fingerprint density at radius 3 is 2.40 bits per heavy atom. The molecule has 0 bridgehead atoms. The maximum absolute atomic E-state index is 12.3. The van der Waals surface area contributed by atoms with Crippen molar-refractivity contribution >= 4 is 40.8 Å². The number of nitro groups is 2. The molecule has 0 aliphatic carbocycles. The van der Waals surface area contributed by atoms with Crippen LogP contribution in [0.25, 0.3) is 0 Å². The molecule has 0 aromatic heterocycles. The predicted molar refractivity (Wildman–Crippen MR) is 118 cm³/mol. The molecule has 14 nitrogen and oxygen atoms in total. The van der Waals surface area contributed by atoms with Gasteiger partial charge < -0.3 is 10.1 Å². The minimum atomic E-state index is -0.937. The first-order chi connectivity index (χ1) is 16.5. The minimum absolute atomic E-state index is 0.0717. The summed E-state index contributed by atoms with van der Waals surface area (Å²) in [7, 11) is 0. The Bertz CT molecular complexity index is 1210. The molecule has 1 fully saturated rings. The van der Waals surface area contributed by atoms with E-state index in [1.807, 2.05) is 0 Å². The van der Waals surface area contributed by atoms with Gasteiger partial charge in [-0.3, -0.25) is 49.8 Å². The van der Waals surface area contributed by atoms with Crippen molar-refractivity contribution in [1.29, 1.82) is 0 Å². The van der Waals surface area contributed by atoms with E-state index in [2.05, 4.69) is 10.7 Å². The van der Waals surface area contributed by atoms with Crippen molar-refractivity contribution in [3.63, 3.8) is 0 Å². The number of aryl methyl sites for hydroxylation is 1. The molecule has 14 heteroatoms. The van der Waals surface area contributed by atoms with Crippen LogP contribution in [-0.2, 0) is 19.1 Å². The molecule has 182 valence electrons. The van der Waals surface area contributed by atoms with Crippen molar-refractivity contribution in [2.24, 2.45) is 5.92 Å². The van der Waals surface area contributed by atoms with Crippen LogP contribution in [-0.4, -0.2) is 51.7 Å². The second kappa shape index (κ2) is 10.4. The molecule has 1 aliphatic heterocycles. The number of nitrogens with zero attached hydrogens (tertiary/aromatic N) is 3. The SMILES string of the molecule is Cc1ccc(NC(=O)COC(=O)[C@H]2CC(=O)N(NC(=O)c3ccc([N+](=O)[O-])cc3)C2)cc1[N+](=O)[O-]. The maximum Gasteiger partial charge on any atom is 0.311 e. The first kappa shape index (κ1) is 24.8. The topological polar surface area (TPSA) is 191 Å². The highest BCUT2D eigenvalue weighted by Gasteiger charge is 2.36. The Kier molecular flexibility index (Phi) is 7.34. The summed E-state index contributed by atoms with van der Waals surface area (Å²) in [5, 5.41) is 25.0. The quantitative estimate of drug-likeness (QED) is 0.317. The van der Waals surface area contributed by atoms with Crippen LogP contribution < -0.4 is 10.7 Å². The van der Waals surface area contributed by atoms with Crippen LogP contribution in [0, 0.1) is 33.1 Å². The van der Waals surface area contributed by atoms with Crippen LogP contribution >= 0.6 is 0 Å². The van der Waals surface area contributed by atoms with Gasteiger partial charge in [0.05, 0.1) is 22.3 Å². The van der Waals surface area contributed by atoms with Gasteiger partial charge in [-0.05, 0) is 25.1 Å². The number of esters is 1. The van der Waals surface area contributed by atoms with Crippen molar-refractivity contribution in [2.75, 3.05) is 18.5 Å². The third-order valence-electron chi connectivity index (χ3n) is 5.07. The number of hydrazine groups is 1. The highest BCUT2D eigenvalue weighted by molar-refractivity contribution is 5.97. The predicted octanol–water partition coefficient (Wildman–Crippen LogP) is 1.49. The number of carbonyl (C=O) groups excluding carboxylic acids is 4. The Morgan fingerprint density at radius 1 is 1.09 bits per heavy atom. The summed E-state index contributed by atoms with van der Waals surface area (Å²) in [6, 6.07) is 8.83. The lowest BCUT2D eigenvalue weighted by molar-refractivity contribution is -0.385. The van der Waals surface area contributed by atoms with E-state index in [1.165, 1.54) is 30.3 Å². The molecule has 0 radical (unpaired) electrons. The van der Waals surface area contributed by atoms with Crippen LogP contribution in [0.5, 0.6) is 0 Å². The Balaban J connectivity index is 1.50. The molecule has 1 heterocycles. The van der Waals surface area contributed by atoms with Gasteiger partial charge >= 0.3 is 5.97 Å². The summed E-state index contributed by atoms with van der Waals surface area (Å²) >= 11 is 0. The summed E-state index contributed by atoms with van der Waals surface area (Å²) in [6.45, 7) is 0.675. The van der Waals surface area contributed by atoms with E-state index in [1.54, 1.807) is 6.92 Å². The number of hydrogen-bond acceptors (Lipinski definition) is 9. The molecule has 2 aromatic rings. The van der Waals surface area contributed by atoms with Gasteiger partial charge in [0.1, 0.15) is 0 Å². The average Bonchev–Trinajstić information content (AvgIpc) is 3.18. The number of benzene rings is 2. The van der Waals surface area contributed by atoms with Crippen molar-refractivity contribution in [3.05, 3.63) is 73.8 Å². The summed E-state index contributed by atoms with van der Waals surface area (Å²) in [5.74, 6) is -3.76. The molecular formula is C21H19N5O9. The van der Waals surface area contributed by atoms with Crippen LogP contribution in [0.1, 0.15) is 22.3 Å². The third kappa shape index (κ3) is 6.13. The number of rotatable bonds is 8. The molecule has 2 aromatic carbocycles. The monoisotopic (exact) mass is 485 g/mol. The normalized spacial score (nSPS) is 14.8. The van der Waals surface area contributed by atoms with Crippen molar-refractivity contribution in [1.82, 2.24) is 10.4 Å². The fourth-order valence-corrected chi connectivity index (χ4v) is 3.23. The van der Waals surface area contributed by atoms with Gasteiger partial charge in [-0.25, -0.2) is 0 Å². The molecule has 3 rings (SSSR count). The fourth-order valence-electron chi connectivity index (χ4n) is 3.23. The zero-order valence-electron chi connectivity index (χ0n) is 18.3. The molecule has 1 atom stereocenters. The van der Waals surface area contributed by atoms with E-state index >= 15 is 0 Å². The standard InChI is InChI=1S/C21H19N5O9/c1-12-2-5-15(9-17(12)26(33)34)22-18(27)11-35-21(30)14-8-19(28)24(10-14)23-20(29)13-3-6-16(7-4-13)25(31)32/h2-7,9,14H,8,10-11H2,1H3,(H,22,27)(H,23,29)/t14-/m0/s1. The molecular weight excluding hydrogens is 466 g/mol. The zero-order valence-corrected chi connectivity index (χ0v) is 18.3. The minimum Gasteiger partial charge on any atom is -0.455 e. The molecule has 1 aliphatic rings. The van der Waals surface area contributed by atoms with E-state index < -0.39 is 46.1 Å². The molecule has 0 spiro atoms. The van der Waals surface area contributed by atoms with Crippen molar-refractivity contribution in [2.45, 2.75) is 13.3 Å². The highest BCUT2D eigenvalue weighted by Crippen LogP contribution is 2.22. The van der Waals surface area contributed by atoms with Crippen LogP contribution in [0.15, 0.2) is 42.5 Å². The number of hydrogen-bond donors (Lipinski definition) is 2. The average molecular weight is 485 g/mol. The lowest BCUT2D eigenvalue weighted by Gasteiger charge is -2.17. The van der Waals surface area contributed by atoms with E-state index in [9.17, 15) is 39.4 Å².